The molecule has 0 aliphatic heterocycles. The molecule has 4 aromatic rings. The minimum Gasteiger partial charge on any atom is -0.411 e. The summed E-state index contributed by atoms with van der Waals surface area (Å²) in [4.78, 5) is 17.4. The minimum absolute atomic E-state index is 0.175. The Bertz CT molecular complexity index is 1210. The maximum atomic E-state index is 9.64. The van der Waals surface area contributed by atoms with Gasteiger partial charge in [0.05, 0.1) is 43.9 Å². The summed E-state index contributed by atoms with van der Waals surface area (Å²) >= 11 is 12.3. The van der Waals surface area contributed by atoms with E-state index < -0.39 is 0 Å². The van der Waals surface area contributed by atoms with Crippen molar-refractivity contribution in [2.45, 2.75) is 12.8 Å². The Kier molecular flexibility index (Phi) is 6.53. The van der Waals surface area contributed by atoms with Crippen molar-refractivity contribution in [1.29, 1.82) is 0 Å². The van der Waals surface area contributed by atoms with Gasteiger partial charge in [0.1, 0.15) is 0 Å². The first-order valence-corrected chi connectivity index (χ1v) is 10.2. The molecular weight excluding hydrogens is 451 g/mol. The number of hydrogen-bond donors (Lipinski definition) is 2. The minimum atomic E-state index is 0.175. The molecule has 0 spiro atoms. The van der Waals surface area contributed by atoms with Crippen LogP contribution in [0.3, 0.4) is 0 Å². The quantitative estimate of drug-likeness (QED) is 0.244. The lowest BCUT2D eigenvalue weighted by molar-refractivity contribution is 0.318. The van der Waals surface area contributed by atoms with Crippen LogP contribution in [-0.4, -0.2) is 41.8 Å². The molecule has 1 aromatic carbocycles. The van der Waals surface area contributed by atoms with Crippen molar-refractivity contribution in [2.24, 2.45) is 10.3 Å². The van der Waals surface area contributed by atoms with Gasteiger partial charge in [0.25, 0.3) is 0 Å². The average Bonchev–Trinajstić information content (AvgIpc) is 2.83. The van der Waals surface area contributed by atoms with Crippen LogP contribution in [-0.2, 0) is 12.8 Å². The van der Waals surface area contributed by atoms with Gasteiger partial charge in [-0.15, -0.1) is 0 Å². The normalized spacial score (nSPS) is 12.3. The van der Waals surface area contributed by atoms with E-state index in [1.807, 2.05) is 0 Å². The second-order valence-electron chi connectivity index (χ2n) is 6.79. The Morgan fingerprint density at radius 2 is 1.06 bits per heavy atom. The predicted molar refractivity (Wildman–Crippen MR) is 122 cm³/mol. The van der Waals surface area contributed by atoms with Crippen LogP contribution >= 0.6 is 23.2 Å². The fourth-order valence-electron chi connectivity index (χ4n) is 3.20. The number of fused-ring (bicyclic) bond motifs is 1. The van der Waals surface area contributed by atoms with E-state index >= 15 is 0 Å². The van der Waals surface area contributed by atoms with E-state index in [9.17, 15) is 10.4 Å². The molecule has 0 aliphatic carbocycles. The van der Waals surface area contributed by atoms with Crippen LogP contribution in [0, 0.1) is 0 Å². The zero-order valence-corrected chi connectivity index (χ0v) is 18.0. The highest BCUT2D eigenvalue weighted by Gasteiger charge is 2.18. The summed E-state index contributed by atoms with van der Waals surface area (Å²) in [5.74, 6) is 0. The van der Waals surface area contributed by atoms with Gasteiger partial charge in [0.15, 0.2) is 0 Å². The van der Waals surface area contributed by atoms with Crippen molar-refractivity contribution < 1.29 is 10.4 Å². The van der Waals surface area contributed by atoms with Gasteiger partial charge in [0, 0.05) is 48.8 Å². The largest absolute Gasteiger partial charge is 0.411 e. The zero-order chi connectivity index (χ0) is 22.5. The molecule has 0 radical (unpaired) electrons. The van der Waals surface area contributed by atoms with Crippen molar-refractivity contribution >= 4 is 45.7 Å². The van der Waals surface area contributed by atoms with E-state index in [-0.39, 0.29) is 12.8 Å². The van der Waals surface area contributed by atoms with Crippen LogP contribution in [0.25, 0.3) is 11.0 Å². The number of nitrogens with zero attached hydrogens (tertiary/aromatic N) is 6. The topological polar surface area (TPSA) is 117 Å². The molecule has 0 saturated heterocycles. The van der Waals surface area contributed by atoms with E-state index in [2.05, 4.69) is 20.3 Å². The van der Waals surface area contributed by atoms with Gasteiger partial charge in [-0.2, -0.15) is 0 Å². The van der Waals surface area contributed by atoms with Crippen molar-refractivity contribution in [3.8, 4) is 0 Å². The van der Waals surface area contributed by atoms with Crippen molar-refractivity contribution in [3.63, 3.8) is 0 Å². The third-order valence-electron chi connectivity index (χ3n) is 4.80. The van der Waals surface area contributed by atoms with Crippen LogP contribution in [0.1, 0.15) is 22.5 Å². The molecule has 4 rings (SSSR count). The predicted octanol–water partition coefficient (Wildman–Crippen LogP) is 4.57. The number of oxime groups is 2. The lowest BCUT2D eigenvalue weighted by Gasteiger charge is -2.12. The SMILES string of the molecule is O/N=C(\Cc1nc2cc(Cl)c(Cl)cc2nc1C/C(=N\O)c1ccncc1)c1ccncc1. The van der Waals surface area contributed by atoms with E-state index in [4.69, 9.17) is 33.2 Å². The van der Waals surface area contributed by atoms with Crippen molar-refractivity contribution in [3.05, 3.63) is 93.7 Å². The lowest BCUT2D eigenvalue weighted by Crippen LogP contribution is -2.15. The third-order valence-corrected chi connectivity index (χ3v) is 5.52. The van der Waals surface area contributed by atoms with Crippen LogP contribution in [0.5, 0.6) is 0 Å². The Morgan fingerprint density at radius 3 is 1.41 bits per heavy atom. The maximum Gasteiger partial charge on any atom is 0.0929 e. The molecule has 0 aliphatic rings. The van der Waals surface area contributed by atoms with Crippen LogP contribution in [0.4, 0.5) is 0 Å². The summed E-state index contributed by atoms with van der Waals surface area (Å²) in [5.41, 5.74) is 4.30. The van der Waals surface area contributed by atoms with Crippen LogP contribution < -0.4 is 0 Å². The molecule has 0 amide bonds. The molecule has 3 heterocycles. The van der Waals surface area contributed by atoms with Gasteiger partial charge >= 0.3 is 0 Å². The van der Waals surface area contributed by atoms with Gasteiger partial charge in [-0.1, -0.05) is 33.5 Å². The van der Waals surface area contributed by atoms with Gasteiger partial charge in [-0.3, -0.25) is 9.97 Å². The number of pyridine rings is 2. The number of halogens is 2. The standard InChI is InChI=1S/C22H16Cl2N6O2/c23-15-9-19-20(10-16(15)24)28-22(12-18(30-32)14-3-7-26-8-4-14)21(27-19)11-17(29-31)13-1-5-25-6-2-13/h1-10,31-32H,11-12H2/b29-17+,30-18+. The Balaban J connectivity index is 1.81. The smallest absolute Gasteiger partial charge is 0.0929 e. The fourth-order valence-corrected chi connectivity index (χ4v) is 3.52. The average molecular weight is 467 g/mol. The summed E-state index contributed by atoms with van der Waals surface area (Å²) in [5, 5.41) is 26.9. The van der Waals surface area contributed by atoms with Crippen molar-refractivity contribution in [1.82, 2.24) is 19.9 Å². The highest BCUT2D eigenvalue weighted by Crippen LogP contribution is 2.27. The first-order chi connectivity index (χ1) is 15.6. The summed E-state index contributed by atoms with van der Waals surface area (Å²) in [6, 6.07) is 10.2. The first-order valence-electron chi connectivity index (χ1n) is 9.46. The molecule has 160 valence electrons. The number of aromatic nitrogens is 4. The van der Waals surface area contributed by atoms with Crippen molar-refractivity contribution in [2.75, 3.05) is 0 Å². The molecule has 0 atom stereocenters. The van der Waals surface area contributed by atoms with E-state index in [0.717, 1.165) is 0 Å². The Hall–Kier alpha value is -3.62. The van der Waals surface area contributed by atoms with E-state index in [1.54, 1.807) is 61.2 Å². The maximum absolute atomic E-state index is 9.64. The summed E-state index contributed by atoms with van der Waals surface area (Å²) in [7, 11) is 0. The number of rotatable bonds is 6. The van der Waals surface area contributed by atoms with Gasteiger partial charge < -0.3 is 10.4 Å². The molecule has 0 saturated carbocycles. The lowest BCUT2D eigenvalue weighted by atomic mass is 10.0. The second kappa shape index (κ2) is 9.67. The summed E-state index contributed by atoms with van der Waals surface area (Å²) in [6.45, 7) is 0. The zero-order valence-electron chi connectivity index (χ0n) is 16.5. The Morgan fingerprint density at radius 1 is 0.688 bits per heavy atom. The highest BCUT2D eigenvalue weighted by molar-refractivity contribution is 6.42. The molecule has 32 heavy (non-hydrogen) atoms. The van der Waals surface area contributed by atoms with Gasteiger partial charge in [0.2, 0.25) is 0 Å². The molecule has 2 N–H and O–H groups in total. The van der Waals surface area contributed by atoms with Gasteiger partial charge in [-0.05, 0) is 36.4 Å². The van der Waals surface area contributed by atoms with Crippen LogP contribution in [0.2, 0.25) is 10.0 Å². The fraction of sp³-hybridized carbons (Fsp3) is 0.0909. The third kappa shape index (κ3) is 4.66. The molecule has 0 bridgehead atoms. The monoisotopic (exact) mass is 466 g/mol. The summed E-state index contributed by atoms with van der Waals surface area (Å²) < 4.78 is 0. The molecule has 0 fully saturated rings. The van der Waals surface area contributed by atoms with E-state index in [1.165, 1.54) is 0 Å². The Labute approximate surface area is 192 Å². The number of benzene rings is 1. The molecule has 0 unspecified atom stereocenters. The second-order valence-corrected chi connectivity index (χ2v) is 7.61. The van der Waals surface area contributed by atoms with Crippen LogP contribution in [0.15, 0.2) is 71.5 Å². The summed E-state index contributed by atoms with van der Waals surface area (Å²) in [6.07, 6.45) is 6.77. The van der Waals surface area contributed by atoms with E-state index in [0.29, 0.717) is 55.0 Å². The highest BCUT2D eigenvalue weighted by atomic mass is 35.5. The molecular formula is C22H16Cl2N6O2. The molecule has 8 nitrogen and oxygen atoms in total. The first kappa shape index (κ1) is 21.6. The molecule has 10 heteroatoms. The van der Waals surface area contributed by atoms with Gasteiger partial charge in [-0.25, -0.2) is 9.97 Å². The number of hydrogen-bond acceptors (Lipinski definition) is 8. The molecule has 3 aromatic heterocycles.